The molecule has 0 aliphatic heterocycles. The Labute approximate surface area is 62.8 Å². The standard InChI is InChI=1S/C9H16O/c1-2-8(7-10)9-5-3-4-6-9/h7-9H,2-6H2,1H3/t8-/m0/s1. The number of aldehydes is 1. The number of carbonyl (C=O) groups is 1. The molecule has 1 aliphatic rings. The Morgan fingerprint density at radius 3 is 2.50 bits per heavy atom. The third-order valence-electron chi connectivity index (χ3n) is 2.65. The quantitative estimate of drug-likeness (QED) is 0.550. The van der Waals surface area contributed by atoms with Crippen molar-refractivity contribution in [1.29, 1.82) is 0 Å². The van der Waals surface area contributed by atoms with E-state index in [0.29, 0.717) is 5.92 Å². The molecule has 0 aromatic carbocycles. The van der Waals surface area contributed by atoms with Crippen molar-refractivity contribution in [2.45, 2.75) is 39.0 Å². The van der Waals surface area contributed by atoms with Gasteiger partial charge in [-0.1, -0.05) is 19.8 Å². The van der Waals surface area contributed by atoms with Crippen LogP contribution in [-0.4, -0.2) is 6.29 Å². The summed E-state index contributed by atoms with van der Waals surface area (Å²) in [4.78, 5) is 10.5. The van der Waals surface area contributed by atoms with Gasteiger partial charge in [0.25, 0.3) is 0 Å². The number of carbonyl (C=O) groups excluding carboxylic acids is 1. The predicted molar refractivity (Wildman–Crippen MR) is 41.8 cm³/mol. The molecule has 1 fully saturated rings. The van der Waals surface area contributed by atoms with Gasteiger partial charge >= 0.3 is 0 Å². The molecule has 10 heavy (non-hydrogen) atoms. The average Bonchev–Trinajstić information content (AvgIpc) is 2.43. The monoisotopic (exact) mass is 140 g/mol. The molecule has 0 saturated heterocycles. The summed E-state index contributed by atoms with van der Waals surface area (Å²) < 4.78 is 0. The summed E-state index contributed by atoms with van der Waals surface area (Å²) in [5, 5.41) is 0. The van der Waals surface area contributed by atoms with Crippen molar-refractivity contribution < 1.29 is 4.79 Å². The molecule has 0 amide bonds. The van der Waals surface area contributed by atoms with Gasteiger partial charge in [-0.25, -0.2) is 0 Å². The van der Waals surface area contributed by atoms with Gasteiger partial charge in [0, 0.05) is 5.92 Å². The Hall–Kier alpha value is -0.330. The van der Waals surface area contributed by atoms with Crippen molar-refractivity contribution in [3.05, 3.63) is 0 Å². The topological polar surface area (TPSA) is 17.1 Å². The summed E-state index contributed by atoms with van der Waals surface area (Å²) >= 11 is 0. The van der Waals surface area contributed by atoms with Crippen LogP contribution in [0.4, 0.5) is 0 Å². The molecule has 58 valence electrons. The van der Waals surface area contributed by atoms with E-state index in [1.807, 2.05) is 0 Å². The fourth-order valence-corrected chi connectivity index (χ4v) is 1.93. The molecule has 1 rings (SSSR count). The first kappa shape index (κ1) is 7.77. The van der Waals surface area contributed by atoms with E-state index < -0.39 is 0 Å². The first-order chi connectivity index (χ1) is 4.88. The lowest BCUT2D eigenvalue weighted by molar-refractivity contribution is -0.112. The van der Waals surface area contributed by atoms with Crippen LogP contribution < -0.4 is 0 Å². The number of hydrogen-bond donors (Lipinski definition) is 0. The third kappa shape index (κ3) is 1.59. The van der Waals surface area contributed by atoms with E-state index in [0.717, 1.165) is 18.6 Å². The Bertz CT molecular complexity index is 103. The molecule has 1 nitrogen and oxygen atoms in total. The predicted octanol–water partition coefficient (Wildman–Crippen LogP) is 2.40. The zero-order valence-electron chi connectivity index (χ0n) is 6.68. The minimum Gasteiger partial charge on any atom is -0.303 e. The largest absolute Gasteiger partial charge is 0.303 e. The van der Waals surface area contributed by atoms with E-state index in [1.54, 1.807) is 0 Å². The number of rotatable bonds is 3. The maximum absolute atomic E-state index is 10.5. The van der Waals surface area contributed by atoms with Crippen molar-refractivity contribution in [2.24, 2.45) is 11.8 Å². The van der Waals surface area contributed by atoms with Crippen LogP contribution in [0.15, 0.2) is 0 Å². The summed E-state index contributed by atoms with van der Waals surface area (Å²) in [5.41, 5.74) is 0. The smallest absolute Gasteiger partial charge is 0.123 e. The highest BCUT2D eigenvalue weighted by Crippen LogP contribution is 2.31. The third-order valence-corrected chi connectivity index (χ3v) is 2.65. The first-order valence-corrected chi connectivity index (χ1v) is 4.33. The van der Waals surface area contributed by atoms with Crippen LogP contribution in [0.5, 0.6) is 0 Å². The van der Waals surface area contributed by atoms with E-state index in [2.05, 4.69) is 6.92 Å². The normalized spacial score (nSPS) is 22.9. The van der Waals surface area contributed by atoms with Crippen LogP contribution >= 0.6 is 0 Å². The summed E-state index contributed by atoms with van der Waals surface area (Å²) in [6.07, 6.45) is 7.45. The Morgan fingerprint density at radius 1 is 1.50 bits per heavy atom. The fourth-order valence-electron chi connectivity index (χ4n) is 1.93. The number of hydrogen-bond acceptors (Lipinski definition) is 1. The lowest BCUT2D eigenvalue weighted by atomic mass is 9.90. The molecule has 0 unspecified atom stereocenters. The highest BCUT2D eigenvalue weighted by atomic mass is 16.1. The van der Waals surface area contributed by atoms with E-state index in [-0.39, 0.29) is 0 Å². The Morgan fingerprint density at radius 2 is 2.10 bits per heavy atom. The second-order valence-corrected chi connectivity index (χ2v) is 3.25. The molecule has 1 saturated carbocycles. The van der Waals surface area contributed by atoms with Crippen LogP contribution in [0, 0.1) is 11.8 Å². The van der Waals surface area contributed by atoms with Crippen molar-refractivity contribution in [1.82, 2.24) is 0 Å². The zero-order valence-corrected chi connectivity index (χ0v) is 6.68. The molecular formula is C9H16O. The molecule has 1 aliphatic carbocycles. The lowest BCUT2D eigenvalue weighted by Gasteiger charge is -2.14. The van der Waals surface area contributed by atoms with Gasteiger partial charge in [0.2, 0.25) is 0 Å². The Kier molecular flexibility index (Phi) is 2.91. The van der Waals surface area contributed by atoms with Crippen LogP contribution in [0.25, 0.3) is 0 Å². The minimum atomic E-state index is 0.363. The molecule has 0 bridgehead atoms. The molecule has 1 heteroatoms. The summed E-state index contributed by atoms with van der Waals surface area (Å²) in [6.45, 7) is 2.11. The van der Waals surface area contributed by atoms with E-state index in [1.165, 1.54) is 25.7 Å². The van der Waals surface area contributed by atoms with Gasteiger partial charge in [-0.15, -0.1) is 0 Å². The van der Waals surface area contributed by atoms with Gasteiger partial charge in [-0.3, -0.25) is 0 Å². The average molecular weight is 140 g/mol. The van der Waals surface area contributed by atoms with Crippen LogP contribution in [0.3, 0.4) is 0 Å². The highest BCUT2D eigenvalue weighted by Gasteiger charge is 2.22. The summed E-state index contributed by atoms with van der Waals surface area (Å²) in [5.74, 6) is 1.09. The molecule has 0 spiro atoms. The lowest BCUT2D eigenvalue weighted by Crippen LogP contribution is -2.11. The second kappa shape index (κ2) is 3.75. The molecule has 0 aromatic rings. The van der Waals surface area contributed by atoms with Gasteiger partial charge in [0.15, 0.2) is 0 Å². The SMILES string of the molecule is CC[C@@H](C=O)C1CCCC1. The molecule has 0 heterocycles. The van der Waals surface area contributed by atoms with Gasteiger partial charge in [-0.2, -0.15) is 0 Å². The second-order valence-electron chi connectivity index (χ2n) is 3.25. The van der Waals surface area contributed by atoms with Gasteiger partial charge in [0.1, 0.15) is 6.29 Å². The van der Waals surface area contributed by atoms with Gasteiger partial charge in [0.05, 0.1) is 0 Å². The summed E-state index contributed by atoms with van der Waals surface area (Å²) in [7, 11) is 0. The van der Waals surface area contributed by atoms with E-state index in [9.17, 15) is 4.79 Å². The molecule has 1 atom stereocenters. The van der Waals surface area contributed by atoms with Crippen molar-refractivity contribution in [2.75, 3.05) is 0 Å². The maximum atomic E-state index is 10.5. The highest BCUT2D eigenvalue weighted by molar-refractivity contribution is 5.53. The van der Waals surface area contributed by atoms with Crippen LogP contribution in [0.2, 0.25) is 0 Å². The maximum Gasteiger partial charge on any atom is 0.123 e. The molecule has 0 N–H and O–H groups in total. The van der Waals surface area contributed by atoms with Crippen LogP contribution in [0.1, 0.15) is 39.0 Å². The zero-order chi connectivity index (χ0) is 7.40. The Balaban J connectivity index is 2.36. The minimum absolute atomic E-state index is 0.363. The van der Waals surface area contributed by atoms with Crippen LogP contribution in [-0.2, 0) is 4.79 Å². The molecule has 0 radical (unpaired) electrons. The fraction of sp³-hybridized carbons (Fsp3) is 0.889. The summed E-state index contributed by atoms with van der Waals surface area (Å²) in [6, 6.07) is 0. The van der Waals surface area contributed by atoms with Crippen molar-refractivity contribution in [3.8, 4) is 0 Å². The van der Waals surface area contributed by atoms with Crippen molar-refractivity contribution >= 4 is 6.29 Å². The van der Waals surface area contributed by atoms with Gasteiger partial charge < -0.3 is 4.79 Å². The van der Waals surface area contributed by atoms with Gasteiger partial charge in [-0.05, 0) is 25.2 Å². The van der Waals surface area contributed by atoms with E-state index >= 15 is 0 Å². The van der Waals surface area contributed by atoms with E-state index in [4.69, 9.17) is 0 Å². The van der Waals surface area contributed by atoms with Crippen molar-refractivity contribution in [3.63, 3.8) is 0 Å². The molecule has 0 aromatic heterocycles. The first-order valence-electron chi connectivity index (χ1n) is 4.33. The molecular weight excluding hydrogens is 124 g/mol.